The molecule has 164 valence electrons. The summed E-state index contributed by atoms with van der Waals surface area (Å²) >= 11 is 1.60. The average Bonchev–Trinajstić information content (AvgIpc) is 3.04. The summed E-state index contributed by atoms with van der Waals surface area (Å²) in [6, 6.07) is 16.6. The maximum atomic E-state index is 13.0. The van der Waals surface area contributed by atoms with Crippen LogP contribution in [-0.4, -0.2) is 34.7 Å². The number of nitrogens with zero attached hydrogens (tertiary/aromatic N) is 2. The Labute approximate surface area is 187 Å². The highest BCUT2D eigenvalue weighted by atomic mass is 32.1. The minimum Gasteiger partial charge on any atom is -0.493 e. The maximum absolute atomic E-state index is 13.0. The van der Waals surface area contributed by atoms with Gasteiger partial charge in [0, 0.05) is 24.4 Å². The summed E-state index contributed by atoms with van der Waals surface area (Å²) in [5, 5.41) is 12.3. The zero-order chi connectivity index (χ0) is 21.7. The van der Waals surface area contributed by atoms with Crippen molar-refractivity contribution in [3.8, 4) is 5.75 Å². The van der Waals surface area contributed by atoms with E-state index in [2.05, 4.69) is 29.2 Å². The standard InChI is InChI=1S/C25H29FN2O2S/c1-19-23(12-17-30-22-10-8-21(26)9-11-22)31-24(27-19)25(29)13-5-15-28(16-14-25)18-20-6-3-2-4-7-20/h2-4,6-11,29H,5,12-18H2,1H3/t25-/m0/s1. The van der Waals surface area contributed by atoms with E-state index in [4.69, 9.17) is 9.72 Å². The van der Waals surface area contributed by atoms with Crippen LogP contribution in [0.1, 0.15) is 40.4 Å². The van der Waals surface area contributed by atoms with Crippen LogP contribution < -0.4 is 4.74 Å². The van der Waals surface area contributed by atoms with Crippen LogP contribution in [-0.2, 0) is 18.6 Å². The van der Waals surface area contributed by atoms with Crippen LogP contribution in [0.2, 0.25) is 0 Å². The highest BCUT2D eigenvalue weighted by Gasteiger charge is 2.35. The van der Waals surface area contributed by atoms with Gasteiger partial charge in [0.05, 0.1) is 12.3 Å². The number of aliphatic hydroxyl groups is 1. The molecule has 0 aliphatic carbocycles. The number of benzene rings is 2. The van der Waals surface area contributed by atoms with Gasteiger partial charge in [0.25, 0.3) is 0 Å². The zero-order valence-corrected chi connectivity index (χ0v) is 18.7. The Hall–Kier alpha value is -2.28. The minimum atomic E-state index is -0.864. The first-order valence-electron chi connectivity index (χ1n) is 10.9. The highest BCUT2D eigenvalue weighted by Crippen LogP contribution is 2.37. The van der Waals surface area contributed by atoms with E-state index in [1.807, 2.05) is 13.0 Å². The van der Waals surface area contributed by atoms with Gasteiger partial charge in [-0.25, -0.2) is 9.37 Å². The molecule has 31 heavy (non-hydrogen) atoms. The van der Waals surface area contributed by atoms with Crippen molar-refractivity contribution in [2.75, 3.05) is 19.7 Å². The van der Waals surface area contributed by atoms with Gasteiger partial charge in [0.15, 0.2) is 0 Å². The van der Waals surface area contributed by atoms with Crippen molar-refractivity contribution in [1.29, 1.82) is 0 Å². The molecule has 1 atom stereocenters. The van der Waals surface area contributed by atoms with Gasteiger partial charge in [-0.3, -0.25) is 4.90 Å². The molecule has 0 saturated carbocycles. The SMILES string of the molecule is Cc1nc([C@]2(O)CCCN(Cc3ccccc3)CC2)sc1CCOc1ccc(F)cc1. The molecule has 1 fully saturated rings. The number of aryl methyl sites for hydroxylation is 1. The van der Waals surface area contributed by atoms with E-state index in [1.54, 1.807) is 23.5 Å². The fraction of sp³-hybridized carbons (Fsp3) is 0.400. The van der Waals surface area contributed by atoms with Crippen molar-refractivity contribution in [3.63, 3.8) is 0 Å². The molecule has 1 aliphatic rings. The van der Waals surface area contributed by atoms with Crippen molar-refractivity contribution in [1.82, 2.24) is 9.88 Å². The molecule has 0 radical (unpaired) electrons. The second-order valence-corrected chi connectivity index (χ2v) is 9.31. The number of rotatable bonds is 7. The minimum absolute atomic E-state index is 0.269. The largest absolute Gasteiger partial charge is 0.493 e. The smallest absolute Gasteiger partial charge is 0.125 e. The lowest BCUT2D eigenvalue weighted by Crippen LogP contribution is -2.29. The third-order valence-electron chi connectivity index (χ3n) is 5.86. The average molecular weight is 441 g/mol. The van der Waals surface area contributed by atoms with Crippen LogP contribution in [0.5, 0.6) is 5.75 Å². The third-order valence-corrected chi connectivity index (χ3v) is 7.27. The van der Waals surface area contributed by atoms with E-state index in [9.17, 15) is 9.50 Å². The molecule has 0 spiro atoms. The number of aromatic nitrogens is 1. The lowest BCUT2D eigenvalue weighted by molar-refractivity contribution is 0.0207. The molecule has 3 aromatic rings. The summed E-state index contributed by atoms with van der Waals surface area (Å²) in [6.45, 7) is 5.25. The molecule has 4 rings (SSSR count). The molecule has 4 nitrogen and oxygen atoms in total. The Balaban J connectivity index is 1.35. The van der Waals surface area contributed by atoms with Crippen molar-refractivity contribution in [2.45, 2.75) is 44.8 Å². The van der Waals surface area contributed by atoms with E-state index in [-0.39, 0.29) is 5.82 Å². The van der Waals surface area contributed by atoms with Gasteiger partial charge in [0.2, 0.25) is 0 Å². The summed E-state index contributed by atoms with van der Waals surface area (Å²) in [5.74, 6) is 0.388. The first-order chi connectivity index (χ1) is 15.0. The summed E-state index contributed by atoms with van der Waals surface area (Å²) in [4.78, 5) is 8.30. The van der Waals surface area contributed by atoms with Gasteiger partial charge >= 0.3 is 0 Å². The monoisotopic (exact) mass is 440 g/mol. The number of halogens is 1. The van der Waals surface area contributed by atoms with Gasteiger partial charge in [-0.05, 0) is 62.6 Å². The number of hydrogen-bond donors (Lipinski definition) is 1. The van der Waals surface area contributed by atoms with Gasteiger partial charge in [-0.1, -0.05) is 30.3 Å². The Kier molecular flexibility index (Phi) is 7.00. The third kappa shape index (κ3) is 5.70. The molecule has 0 unspecified atom stereocenters. The quantitative estimate of drug-likeness (QED) is 0.556. The van der Waals surface area contributed by atoms with Crippen LogP contribution in [0, 0.1) is 12.7 Å². The molecule has 1 saturated heterocycles. The van der Waals surface area contributed by atoms with Gasteiger partial charge < -0.3 is 9.84 Å². The molecule has 0 bridgehead atoms. The van der Waals surface area contributed by atoms with Gasteiger partial charge in [-0.15, -0.1) is 11.3 Å². The Morgan fingerprint density at radius 1 is 1.10 bits per heavy atom. The topological polar surface area (TPSA) is 45.6 Å². The van der Waals surface area contributed by atoms with Crippen molar-refractivity contribution in [3.05, 3.63) is 81.6 Å². The first-order valence-corrected chi connectivity index (χ1v) is 11.7. The molecular formula is C25H29FN2O2S. The summed E-state index contributed by atoms with van der Waals surface area (Å²) < 4.78 is 18.7. The Bertz CT molecular complexity index is 977. The predicted molar refractivity (Wildman–Crippen MR) is 122 cm³/mol. The summed E-state index contributed by atoms with van der Waals surface area (Å²) in [5.41, 5.74) is 1.40. The Morgan fingerprint density at radius 2 is 1.87 bits per heavy atom. The molecule has 2 heterocycles. The number of thiazole rings is 1. The fourth-order valence-electron chi connectivity index (χ4n) is 4.04. The zero-order valence-electron chi connectivity index (χ0n) is 17.9. The summed E-state index contributed by atoms with van der Waals surface area (Å²) in [7, 11) is 0. The second-order valence-electron chi connectivity index (χ2n) is 8.23. The van der Waals surface area contributed by atoms with Crippen molar-refractivity contribution in [2.24, 2.45) is 0 Å². The molecule has 6 heteroatoms. The number of hydrogen-bond acceptors (Lipinski definition) is 5. The van der Waals surface area contributed by atoms with Crippen molar-refractivity contribution >= 4 is 11.3 Å². The van der Waals surface area contributed by atoms with Crippen LogP contribution in [0.15, 0.2) is 54.6 Å². The van der Waals surface area contributed by atoms with Gasteiger partial charge in [-0.2, -0.15) is 0 Å². The molecule has 0 amide bonds. The first kappa shape index (κ1) is 21.9. The molecular weight excluding hydrogens is 411 g/mol. The molecule has 1 aromatic heterocycles. The molecule has 1 N–H and O–H groups in total. The maximum Gasteiger partial charge on any atom is 0.125 e. The second kappa shape index (κ2) is 9.90. The van der Waals surface area contributed by atoms with E-state index in [0.29, 0.717) is 18.8 Å². The van der Waals surface area contributed by atoms with E-state index in [1.165, 1.54) is 17.7 Å². The number of ether oxygens (including phenoxy) is 1. The lowest BCUT2D eigenvalue weighted by Gasteiger charge is -2.24. The van der Waals surface area contributed by atoms with E-state index >= 15 is 0 Å². The fourth-order valence-corrected chi connectivity index (χ4v) is 5.23. The normalized spacial score (nSPS) is 19.8. The molecule has 1 aliphatic heterocycles. The van der Waals surface area contributed by atoms with E-state index < -0.39 is 5.60 Å². The van der Waals surface area contributed by atoms with Crippen LogP contribution >= 0.6 is 11.3 Å². The summed E-state index contributed by atoms with van der Waals surface area (Å²) in [6.07, 6.45) is 3.09. The molecule has 2 aromatic carbocycles. The highest BCUT2D eigenvalue weighted by molar-refractivity contribution is 7.11. The van der Waals surface area contributed by atoms with Gasteiger partial charge in [0.1, 0.15) is 22.2 Å². The lowest BCUT2D eigenvalue weighted by atomic mass is 9.96. The number of likely N-dealkylation sites (tertiary alicyclic amines) is 1. The van der Waals surface area contributed by atoms with Crippen LogP contribution in [0.3, 0.4) is 0 Å². The van der Waals surface area contributed by atoms with Crippen LogP contribution in [0.4, 0.5) is 4.39 Å². The predicted octanol–water partition coefficient (Wildman–Crippen LogP) is 5.09. The Morgan fingerprint density at radius 3 is 2.65 bits per heavy atom. The van der Waals surface area contributed by atoms with Crippen molar-refractivity contribution < 1.29 is 14.2 Å². The van der Waals surface area contributed by atoms with Crippen LogP contribution in [0.25, 0.3) is 0 Å². The van der Waals surface area contributed by atoms with E-state index in [0.717, 1.165) is 54.5 Å².